The number of hydrogen-bond acceptors (Lipinski definition) is 4. The lowest BCUT2D eigenvalue weighted by Crippen LogP contribution is -2.11. The average Bonchev–Trinajstić information content (AvgIpc) is 3.16. The summed E-state index contributed by atoms with van der Waals surface area (Å²) < 4.78 is 7.46. The van der Waals surface area contributed by atoms with Gasteiger partial charge in [-0.25, -0.2) is 0 Å². The maximum atomic E-state index is 5.32. The molecule has 0 unspecified atom stereocenters. The molecule has 0 aliphatic rings. The minimum Gasteiger partial charge on any atom is -0.383 e. The average molecular weight is 370 g/mol. The molecule has 0 fully saturated rings. The monoisotopic (exact) mass is 370 g/mol. The zero-order valence-electron chi connectivity index (χ0n) is 15.8. The van der Waals surface area contributed by atoms with Gasteiger partial charge in [0.1, 0.15) is 5.82 Å². The summed E-state index contributed by atoms with van der Waals surface area (Å²) in [6.07, 6.45) is 4.25. The van der Waals surface area contributed by atoms with E-state index in [-0.39, 0.29) is 0 Å². The highest BCUT2D eigenvalue weighted by molar-refractivity contribution is 5.67. The van der Waals surface area contributed by atoms with Crippen LogP contribution in [0.3, 0.4) is 0 Å². The number of pyridine rings is 1. The molecule has 140 valence electrons. The molecule has 0 N–H and O–H groups in total. The van der Waals surface area contributed by atoms with Crippen LogP contribution in [0.5, 0.6) is 0 Å². The van der Waals surface area contributed by atoms with Crippen molar-refractivity contribution in [1.82, 2.24) is 19.7 Å². The summed E-state index contributed by atoms with van der Waals surface area (Å²) in [6.45, 7) is 1.30. The van der Waals surface area contributed by atoms with E-state index in [4.69, 9.17) is 4.74 Å². The molecule has 2 aromatic carbocycles. The first-order chi connectivity index (χ1) is 13.9. The van der Waals surface area contributed by atoms with Crippen LogP contribution in [0.2, 0.25) is 0 Å². The number of methoxy groups -OCH3 is 1. The van der Waals surface area contributed by atoms with Gasteiger partial charge in [0.15, 0.2) is 5.82 Å². The predicted octanol–water partition coefficient (Wildman–Crippen LogP) is 4.24. The summed E-state index contributed by atoms with van der Waals surface area (Å²) in [6, 6.07) is 22.8. The summed E-state index contributed by atoms with van der Waals surface area (Å²) in [4.78, 5) is 4.10. The molecule has 28 heavy (non-hydrogen) atoms. The molecule has 0 amide bonds. The summed E-state index contributed by atoms with van der Waals surface area (Å²) in [5, 5.41) is 8.98. The molecule has 0 radical (unpaired) electrons. The van der Waals surface area contributed by atoms with Gasteiger partial charge in [0.05, 0.1) is 6.61 Å². The normalized spacial score (nSPS) is 10.9. The van der Waals surface area contributed by atoms with E-state index in [1.807, 2.05) is 18.2 Å². The number of hydrogen-bond donors (Lipinski definition) is 0. The fraction of sp³-hybridized carbons (Fsp3) is 0.174. The van der Waals surface area contributed by atoms with Crippen molar-refractivity contribution in [1.29, 1.82) is 0 Å². The third-order valence-electron chi connectivity index (χ3n) is 4.74. The van der Waals surface area contributed by atoms with E-state index in [9.17, 15) is 0 Å². The molecule has 0 aliphatic carbocycles. The second-order valence-corrected chi connectivity index (χ2v) is 6.52. The number of nitrogens with zero attached hydrogens (tertiary/aromatic N) is 4. The molecular formula is C23H22N4O. The summed E-state index contributed by atoms with van der Waals surface area (Å²) >= 11 is 0. The Morgan fingerprint density at radius 3 is 2.36 bits per heavy atom. The molecule has 0 spiro atoms. The highest BCUT2D eigenvalue weighted by Gasteiger charge is 2.15. The number of ether oxygens (including phenoxy) is 1. The zero-order valence-corrected chi connectivity index (χ0v) is 15.8. The molecule has 0 bridgehead atoms. The van der Waals surface area contributed by atoms with E-state index in [1.54, 1.807) is 19.5 Å². The second kappa shape index (κ2) is 8.59. The Morgan fingerprint density at radius 1 is 0.821 bits per heavy atom. The van der Waals surface area contributed by atoms with Crippen LogP contribution in [0, 0.1) is 0 Å². The van der Waals surface area contributed by atoms with E-state index in [2.05, 4.69) is 68.3 Å². The lowest BCUT2D eigenvalue weighted by Gasteiger charge is -2.12. The molecular weight excluding hydrogens is 348 g/mol. The quantitative estimate of drug-likeness (QED) is 0.488. The third kappa shape index (κ3) is 3.85. The van der Waals surface area contributed by atoms with Crippen molar-refractivity contribution in [2.45, 2.75) is 13.0 Å². The Morgan fingerprint density at radius 2 is 1.57 bits per heavy atom. The first-order valence-electron chi connectivity index (χ1n) is 9.31. The second-order valence-electron chi connectivity index (χ2n) is 6.52. The van der Waals surface area contributed by atoms with Crippen LogP contribution >= 0.6 is 0 Å². The van der Waals surface area contributed by atoms with Crippen molar-refractivity contribution in [2.75, 3.05) is 13.7 Å². The number of benzene rings is 2. The van der Waals surface area contributed by atoms with Crippen LogP contribution in [0.1, 0.15) is 11.4 Å². The van der Waals surface area contributed by atoms with Gasteiger partial charge >= 0.3 is 0 Å². The Labute approximate surface area is 164 Å². The smallest absolute Gasteiger partial charge is 0.164 e. The van der Waals surface area contributed by atoms with Gasteiger partial charge < -0.3 is 9.30 Å². The molecule has 4 aromatic rings. The molecule has 0 atom stereocenters. The van der Waals surface area contributed by atoms with Crippen molar-refractivity contribution in [3.63, 3.8) is 0 Å². The minimum atomic E-state index is 0.601. The van der Waals surface area contributed by atoms with Crippen molar-refractivity contribution in [3.05, 3.63) is 90.5 Å². The molecule has 0 saturated carbocycles. The predicted molar refractivity (Wildman–Crippen MR) is 110 cm³/mol. The minimum absolute atomic E-state index is 0.601. The Balaban J connectivity index is 1.72. The van der Waals surface area contributed by atoms with Crippen LogP contribution in [0.4, 0.5) is 0 Å². The maximum absolute atomic E-state index is 5.32. The van der Waals surface area contributed by atoms with Gasteiger partial charge in [-0.2, -0.15) is 0 Å². The van der Waals surface area contributed by atoms with E-state index in [0.717, 1.165) is 17.2 Å². The van der Waals surface area contributed by atoms with Crippen molar-refractivity contribution in [2.24, 2.45) is 0 Å². The van der Waals surface area contributed by atoms with Gasteiger partial charge in [-0.05, 0) is 28.8 Å². The van der Waals surface area contributed by atoms with Crippen molar-refractivity contribution >= 4 is 0 Å². The van der Waals surface area contributed by atoms with Crippen LogP contribution in [0.15, 0.2) is 79.1 Å². The van der Waals surface area contributed by atoms with Gasteiger partial charge in [0, 0.05) is 38.0 Å². The van der Waals surface area contributed by atoms with Gasteiger partial charge in [-0.3, -0.25) is 4.98 Å². The van der Waals surface area contributed by atoms with Gasteiger partial charge in [0.25, 0.3) is 0 Å². The van der Waals surface area contributed by atoms with Crippen molar-refractivity contribution in [3.8, 4) is 22.5 Å². The van der Waals surface area contributed by atoms with E-state index >= 15 is 0 Å². The van der Waals surface area contributed by atoms with Crippen LogP contribution < -0.4 is 0 Å². The molecule has 0 saturated heterocycles. The Bertz CT molecular complexity index is 1030. The molecule has 2 heterocycles. The number of rotatable bonds is 7. The maximum Gasteiger partial charge on any atom is 0.164 e. The van der Waals surface area contributed by atoms with Gasteiger partial charge in [0.2, 0.25) is 0 Å². The highest BCUT2D eigenvalue weighted by Crippen LogP contribution is 2.26. The third-order valence-corrected chi connectivity index (χ3v) is 4.74. The van der Waals surface area contributed by atoms with Crippen LogP contribution in [0.25, 0.3) is 22.5 Å². The van der Waals surface area contributed by atoms with E-state index in [0.29, 0.717) is 19.6 Å². The lowest BCUT2D eigenvalue weighted by atomic mass is 9.97. The largest absolute Gasteiger partial charge is 0.383 e. The summed E-state index contributed by atoms with van der Waals surface area (Å²) in [7, 11) is 1.71. The molecule has 5 nitrogen and oxygen atoms in total. The molecule has 5 heteroatoms. The molecule has 0 aliphatic heterocycles. The molecule has 4 rings (SSSR count). The van der Waals surface area contributed by atoms with Crippen LogP contribution in [-0.4, -0.2) is 33.5 Å². The first-order valence-corrected chi connectivity index (χ1v) is 9.31. The summed E-state index contributed by atoms with van der Waals surface area (Å²) in [5.41, 5.74) is 4.65. The van der Waals surface area contributed by atoms with Gasteiger partial charge in [-0.15, -0.1) is 10.2 Å². The standard InChI is InChI=1S/C23H22N4O/c1-28-16-15-27-22(25-26-23(27)19-11-13-24-14-12-19)17-20-9-5-6-10-21(20)18-7-3-2-4-8-18/h2-14H,15-17H2,1H3. The fourth-order valence-electron chi connectivity index (χ4n) is 3.34. The topological polar surface area (TPSA) is 52.8 Å². The molecule has 2 aromatic heterocycles. The fourth-order valence-corrected chi connectivity index (χ4v) is 3.34. The Kier molecular flexibility index (Phi) is 5.54. The first kappa shape index (κ1) is 18.1. The van der Waals surface area contributed by atoms with Crippen molar-refractivity contribution < 1.29 is 4.74 Å². The highest BCUT2D eigenvalue weighted by atomic mass is 16.5. The van der Waals surface area contributed by atoms with Gasteiger partial charge in [-0.1, -0.05) is 54.6 Å². The van der Waals surface area contributed by atoms with E-state index < -0.39 is 0 Å². The zero-order chi connectivity index (χ0) is 19.2. The SMILES string of the molecule is COCCn1c(Cc2ccccc2-c2ccccc2)nnc1-c1ccncc1. The Hall–Kier alpha value is -3.31. The van der Waals surface area contributed by atoms with Crippen LogP contribution in [-0.2, 0) is 17.7 Å². The lowest BCUT2D eigenvalue weighted by molar-refractivity contribution is 0.187. The number of aromatic nitrogens is 4. The summed E-state index contributed by atoms with van der Waals surface area (Å²) in [5.74, 6) is 1.76. The van der Waals surface area contributed by atoms with E-state index in [1.165, 1.54) is 16.7 Å².